The van der Waals surface area contributed by atoms with E-state index < -0.39 is 10.0 Å². The Morgan fingerprint density at radius 2 is 1.70 bits per heavy atom. The Bertz CT molecular complexity index is 795. The van der Waals surface area contributed by atoms with Gasteiger partial charge in [0.2, 0.25) is 21.8 Å². The van der Waals surface area contributed by atoms with Gasteiger partial charge in [-0.05, 0) is 43.9 Å². The van der Waals surface area contributed by atoms with E-state index in [0.717, 1.165) is 19.3 Å². The third-order valence-electron chi connectivity index (χ3n) is 5.37. The van der Waals surface area contributed by atoms with Crippen LogP contribution in [0.15, 0.2) is 29.2 Å². The predicted molar refractivity (Wildman–Crippen MR) is 103 cm³/mol. The third kappa shape index (κ3) is 4.68. The van der Waals surface area contributed by atoms with Crippen molar-refractivity contribution in [1.82, 2.24) is 9.21 Å². The molecule has 3 rings (SSSR count). The molecule has 0 unspecified atom stereocenters. The quantitative estimate of drug-likeness (QED) is 0.848. The van der Waals surface area contributed by atoms with Crippen molar-refractivity contribution >= 4 is 27.5 Å². The molecule has 2 heterocycles. The second-order valence-electron chi connectivity index (χ2n) is 7.26. The maximum absolute atomic E-state index is 12.8. The smallest absolute Gasteiger partial charge is 0.243 e. The molecular weight excluding hydrogens is 366 g/mol. The minimum Gasteiger partial charge on any atom is -0.343 e. The molecule has 148 valence electrons. The van der Waals surface area contributed by atoms with Gasteiger partial charge in [0.25, 0.3) is 0 Å². The zero-order chi connectivity index (χ0) is 19.4. The summed E-state index contributed by atoms with van der Waals surface area (Å²) in [4.78, 5) is 25.9. The molecular formula is C19H27N3O4S. The number of benzene rings is 1. The summed E-state index contributed by atoms with van der Waals surface area (Å²) in [5.41, 5.74) is 0.493. The Morgan fingerprint density at radius 1 is 1.04 bits per heavy atom. The van der Waals surface area contributed by atoms with Crippen LogP contribution in [-0.4, -0.2) is 55.6 Å². The number of rotatable bonds is 4. The molecule has 1 aromatic rings. The highest BCUT2D eigenvalue weighted by Gasteiger charge is 2.28. The van der Waals surface area contributed by atoms with E-state index in [9.17, 15) is 18.0 Å². The molecule has 8 heteroatoms. The van der Waals surface area contributed by atoms with Crippen LogP contribution in [0.25, 0.3) is 0 Å². The second-order valence-corrected chi connectivity index (χ2v) is 9.20. The van der Waals surface area contributed by atoms with E-state index in [-0.39, 0.29) is 22.6 Å². The van der Waals surface area contributed by atoms with Crippen molar-refractivity contribution in [2.45, 2.75) is 43.9 Å². The number of piperidine rings is 2. The van der Waals surface area contributed by atoms with Crippen molar-refractivity contribution in [3.05, 3.63) is 24.3 Å². The maximum atomic E-state index is 12.8. The Balaban J connectivity index is 1.65. The predicted octanol–water partition coefficient (Wildman–Crippen LogP) is 2.06. The van der Waals surface area contributed by atoms with Gasteiger partial charge in [0.15, 0.2) is 0 Å². The highest BCUT2D eigenvalue weighted by molar-refractivity contribution is 7.89. The minimum absolute atomic E-state index is 0.0319. The molecule has 1 N–H and O–H groups in total. The summed E-state index contributed by atoms with van der Waals surface area (Å²) in [6.45, 7) is 3.80. The van der Waals surface area contributed by atoms with Gasteiger partial charge < -0.3 is 10.2 Å². The third-order valence-corrected chi connectivity index (χ3v) is 7.26. The fraction of sp³-hybridized carbons (Fsp3) is 0.579. The van der Waals surface area contributed by atoms with Crippen LogP contribution in [0.3, 0.4) is 0 Å². The van der Waals surface area contributed by atoms with Gasteiger partial charge in [-0.1, -0.05) is 12.5 Å². The van der Waals surface area contributed by atoms with Gasteiger partial charge in [0.1, 0.15) is 0 Å². The molecule has 2 amide bonds. The molecule has 1 aromatic carbocycles. The van der Waals surface area contributed by atoms with Crippen LogP contribution in [-0.2, 0) is 19.6 Å². The first-order valence-electron chi connectivity index (χ1n) is 9.54. The van der Waals surface area contributed by atoms with Crippen LogP contribution >= 0.6 is 0 Å². The highest BCUT2D eigenvalue weighted by Crippen LogP contribution is 2.24. The molecule has 2 fully saturated rings. The van der Waals surface area contributed by atoms with Crippen molar-refractivity contribution in [3.8, 4) is 0 Å². The van der Waals surface area contributed by atoms with Crippen LogP contribution < -0.4 is 5.32 Å². The lowest BCUT2D eigenvalue weighted by Gasteiger charge is -2.30. The van der Waals surface area contributed by atoms with Gasteiger partial charge in [-0.3, -0.25) is 9.59 Å². The Kier molecular flexibility index (Phi) is 6.16. The molecule has 0 atom stereocenters. The first-order valence-corrected chi connectivity index (χ1v) is 11.0. The first-order chi connectivity index (χ1) is 12.9. The number of hydrogen-bond donors (Lipinski definition) is 1. The fourth-order valence-corrected chi connectivity index (χ4v) is 5.25. The largest absolute Gasteiger partial charge is 0.343 e. The summed E-state index contributed by atoms with van der Waals surface area (Å²) in [5, 5.41) is 2.85. The Hall–Kier alpha value is -1.93. The molecule has 0 aromatic heterocycles. The van der Waals surface area contributed by atoms with E-state index in [1.165, 1.54) is 17.3 Å². The number of amides is 2. The number of hydrogen-bond acceptors (Lipinski definition) is 4. The van der Waals surface area contributed by atoms with Crippen LogP contribution in [0.1, 0.15) is 39.0 Å². The van der Waals surface area contributed by atoms with Gasteiger partial charge >= 0.3 is 0 Å². The number of carbonyl (C=O) groups is 2. The first kappa shape index (κ1) is 19.8. The van der Waals surface area contributed by atoms with Crippen molar-refractivity contribution in [2.24, 2.45) is 5.92 Å². The van der Waals surface area contributed by atoms with Crippen molar-refractivity contribution in [2.75, 3.05) is 31.5 Å². The maximum Gasteiger partial charge on any atom is 0.243 e. The number of sulfonamides is 1. The van der Waals surface area contributed by atoms with Crippen LogP contribution in [0.4, 0.5) is 5.69 Å². The van der Waals surface area contributed by atoms with E-state index >= 15 is 0 Å². The summed E-state index contributed by atoms with van der Waals surface area (Å²) >= 11 is 0. The zero-order valence-electron chi connectivity index (χ0n) is 15.7. The van der Waals surface area contributed by atoms with E-state index in [1.807, 2.05) is 0 Å². The second kappa shape index (κ2) is 8.39. The topological polar surface area (TPSA) is 86.8 Å². The number of likely N-dealkylation sites (tertiary alicyclic amines) is 1. The van der Waals surface area contributed by atoms with Gasteiger partial charge in [-0.2, -0.15) is 4.31 Å². The lowest BCUT2D eigenvalue weighted by atomic mass is 9.96. The van der Waals surface area contributed by atoms with Crippen LogP contribution in [0, 0.1) is 5.92 Å². The molecule has 0 spiro atoms. The Labute approximate surface area is 160 Å². The average Bonchev–Trinajstić information content (AvgIpc) is 2.69. The summed E-state index contributed by atoms with van der Waals surface area (Å²) in [6, 6.07) is 6.47. The molecule has 27 heavy (non-hydrogen) atoms. The lowest BCUT2D eigenvalue weighted by molar-refractivity contribution is -0.132. The Morgan fingerprint density at radius 3 is 2.33 bits per heavy atom. The number of carbonyl (C=O) groups excluding carboxylic acids is 2. The molecule has 2 saturated heterocycles. The monoisotopic (exact) mass is 393 g/mol. The SMILES string of the molecule is CC(=O)N1CCC(C(=O)Nc2cccc(S(=O)(=O)N3CCCCC3)c2)CC1. The minimum atomic E-state index is -3.52. The van der Waals surface area contributed by atoms with Crippen molar-refractivity contribution in [1.29, 1.82) is 0 Å². The average molecular weight is 394 g/mol. The number of nitrogens with zero attached hydrogens (tertiary/aromatic N) is 2. The number of anilines is 1. The molecule has 2 aliphatic rings. The molecule has 0 radical (unpaired) electrons. The van der Waals surface area contributed by atoms with E-state index in [2.05, 4.69) is 5.32 Å². The standard InChI is InChI=1S/C19H27N3O4S/c1-15(23)21-12-8-16(9-13-21)19(24)20-17-6-5-7-18(14-17)27(25,26)22-10-3-2-4-11-22/h5-7,14,16H,2-4,8-13H2,1H3,(H,20,24). The number of nitrogens with one attached hydrogen (secondary N) is 1. The summed E-state index contributed by atoms with van der Waals surface area (Å²) in [6.07, 6.45) is 4.07. The zero-order valence-corrected chi connectivity index (χ0v) is 16.5. The van der Waals surface area contributed by atoms with E-state index in [0.29, 0.717) is 44.7 Å². The summed E-state index contributed by atoms with van der Waals surface area (Å²) in [5.74, 6) is -0.252. The van der Waals surface area contributed by atoms with Gasteiger partial charge in [0.05, 0.1) is 4.90 Å². The van der Waals surface area contributed by atoms with E-state index in [1.54, 1.807) is 23.1 Å². The molecule has 0 bridgehead atoms. The van der Waals surface area contributed by atoms with Crippen molar-refractivity contribution < 1.29 is 18.0 Å². The van der Waals surface area contributed by atoms with Gasteiger partial charge in [-0.25, -0.2) is 8.42 Å². The normalized spacial score (nSPS) is 19.7. The van der Waals surface area contributed by atoms with E-state index in [4.69, 9.17) is 0 Å². The molecule has 0 aliphatic carbocycles. The summed E-state index contributed by atoms with van der Waals surface area (Å²) < 4.78 is 27.1. The lowest BCUT2D eigenvalue weighted by Crippen LogP contribution is -2.40. The van der Waals surface area contributed by atoms with Gasteiger partial charge in [0, 0.05) is 44.7 Å². The van der Waals surface area contributed by atoms with Crippen LogP contribution in [0.2, 0.25) is 0 Å². The van der Waals surface area contributed by atoms with Gasteiger partial charge in [-0.15, -0.1) is 0 Å². The molecule has 7 nitrogen and oxygen atoms in total. The molecule has 0 saturated carbocycles. The van der Waals surface area contributed by atoms with Crippen molar-refractivity contribution in [3.63, 3.8) is 0 Å². The van der Waals surface area contributed by atoms with Crippen LogP contribution in [0.5, 0.6) is 0 Å². The summed E-state index contributed by atoms with van der Waals surface area (Å²) in [7, 11) is -3.52. The highest BCUT2D eigenvalue weighted by atomic mass is 32.2. The fourth-order valence-electron chi connectivity index (χ4n) is 3.69. The molecule has 2 aliphatic heterocycles.